The summed E-state index contributed by atoms with van der Waals surface area (Å²) in [4.78, 5) is 5.24. The largest absolute Gasteiger partial charge is 0.390 e. The molecule has 1 aromatic carbocycles. The molecule has 0 saturated carbocycles. The monoisotopic (exact) mass is 209 g/mol. The molecule has 1 aliphatic rings. The molecule has 2 atom stereocenters. The molecule has 0 radical (unpaired) electrons. The first-order valence-corrected chi connectivity index (χ1v) is 5.13. The number of halogens is 1. The Hall–Kier alpha value is -1.02. The maximum Gasteiger partial charge on any atom is 0.149 e. The van der Waals surface area contributed by atoms with E-state index in [2.05, 4.69) is 5.16 Å². The number of benzene rings is 1. The zero-order valence-corrected chi connectivity index (χ0v) is 8.74. The SMILES string of the molecule is C[C@H](Cl)[C@H]1CC(c2ccccc2)=NO1. The normalized spacial score (nSPS) is 22.7. The summed E-state index contributed by atoms with van der Waals surface area (Å²) < 4.78 is 0. The summed E-state index contributed by atoms with van der Waals surface area (Å²) in [6, 6.07) is 10.0. The van der Waals surface area contributed by atoms with Gasteiger partial charge in [0.25, 0.3) is 0 Å². The molecule has 1 heterocycles. The lowest BCUT2D eigenvalue weighted by Gasteiger charge is -2.08. The van der Waals surface area contributed by atoms with E-state index in [1.807, 2.05) is 37.3 Å². The summed E-state index contributed by atoms with van der Waals surface area (Å²) in [6.07, 6.45) is 0.821. The van der Waals surface area contributed by atoms with E-state index >= 15 is 0 Å². The Morgan fingerprint density at radius 2 is 2.14 bits per heavy atom. The highest BCUT2D eigenvalue weighted by atomic mass is 35.5. The van der Waals surface area contributed by atoms with Crippen LogP contribution < -0.4 is 0 Å². The lowest BCUT2D eigenvalue weighted by Crippen LogP contribution is -2.18. The number of rotatable bonds is 2. The third-order valence-corrected chi connectivity index (χ3v) is 2.59. The van der Waals surface area contributed by atoms with Gasteiger partial charge >= 0.3 is 0 Å². The summed E-state index contributed by atoms with van der Waals surface area (Å²) in [5.74, 6) is 0. The van der Waals surface area contributed by atoms with E-state index in [1.165, 1.54) is 0 Å². The second kappa shape index (κ2) is 4.01. The molecule has 0 N–H and O–H groups in total. The van der Waals surface area contributed by atoms with Crippen LogP contribution in [-0.4, -0.2) is 17.2 Å². The second-order valence-electron chi connectivity index (χ2n) is 3.43. The average Bonchev–Trinajstić information content (AvgIpc) is 2.68. The van der Waals surface area contributed by atoms with Gasteiger partial charge in [-0.25, -0.2) is 0 Å². The Bertz CT molecular complexity index is 334. The van der Waals surface area contributed by atoms with Crippen LogP contribution in [-0.2, 0) is 4.84 Å². The fourth-order valence-corrected chi connectivity index (χ4v) is 1.58. The Labute approximate surface area is 88.5 Å². The highest BCUT2D eigenvalue weighted by Crippen LogP contribution is 2.21. The minimum Gasteiger partial charge on any atom is -0.390 e. The van der Waals surface area contributed by atoms with E-state index in [9.17, 15) is 0 Å². The van der Waals surface area contributed by atoms with Crippen molar-refractivity contribution in [1.82, 2.24) is 0 Å². The van der Waals surface area contributed by atoms with E-state index in [4.69, 9.17) is 16.4 Å². The van der Waals surface area contributed by atoms with Crippen molar-refractivity contribution < 1.29 is 4.84 Å². The van der Waals surface area contributed by atoms with Crippen LogP contribution in [0, 0.1) is 0 Å². The quantitative estimate of drug-likeness (QED) is 0.687. The molecule has 0 spiro atoms. The molecule has 0 amide bonds. The van der Waals surface area contributed by atoms with Gasteiger partial charge in [0.15, 0.2) is 0 Å². The van der Waals surface area contributed by atoms with Crippen molar-refractivity contribution in [3.8, 4) is 0 Å². The van der Waals surface area contributed by atoms with E-state index in [1.54, 1.807) is 0 Å². The number of alkyl halides is 1. The first-order chi connectivity index (χ1) is 6.77. The van der Waals surface area contributed by atoms with Gasteiger partial charge in [0.1, 0.15) is 6.10 Å². The Morgan fingerprint density at radius 1 is 1.43 bits per heavy atom. The third kappa shape index (κ3) is 1.90. The van der Waals surface area contributed by atoms with Gasteiger partial charge in [0, 0.05) is 6.42 Å². The molecule has 0 aromatic heterocycles. The molecule has 2 rings (SSSR count). The molecule has 14 heavy (non-hydrogen) atoms. The maximum absolute atomic E-state index is 5.94. The molecule has 3 heteroatoms. The topological polar surface area (TPSA) is 21.6 Å². The molecule has 0 bridgehead atoms. The van der Waals surface area contributed by atoms with Crippen molar-refractivity contribution in [1.29, 1.82) is 0 Å². The van der Waals surface area contributed by atoms with Crippen LogP contribution in [0.25, 0.3) is 0 Å². The summed E-state index contributed by atoms with van der Waals surface area (Å²) in [7, 11) is 0. The van der Waals surface area contributed by atoms with Gasteiger partial charge in [-0.3, -0.25) is 0 Å². The van der Waals surface area contributed by atoms with Crippen molar-refractivity contribution >= 4 is 17.3 Å². The van der Waals surface area contributed by atoms with E-state index in [0.717, 1.165) is 17.7 Å². The number of hydrogen-bond acceptors (Lipinski definition) is 2. The lowest BCUT2D eigenvalue weighted by molar-refractivity contribution is 0.0855. The average molecular weight is 210 g/mol. The maximum atomic E-state index is 5.94. The Morgan fingerprint density at radius 3 is 2.71 bits per heavy atom. The van der Waals surface area contributed by atoms with Crippen LogP contribution in [0.3, 0.4) is 0 Å². The summed E-state index contributed by atoms with van der Waals surface area (Å²) in [6.45, 7) is 1.93. The molecule has 1 aliphatic heterocycles. The van der Waals surface area contributed by atoms with Gasteiger partial charge in [-0.1, -0.05) is 35.5 Å². The minimum atomic E-state index is -0.0000350. The van der Waals surface area contributed by atoms with Gasteiger partial charge in [-0.05, 0) is 12.5 Å². The van der Waals surface area contributed by atoms with Crippen molar-refractivity contribution in [2.24, 2.45) is 5.16 Å². The van der Waals surface area contributed by atoms with Gasteiger partial charge in [-0.15, -0.1) is 11.6 Å². The highest BCUT2D eigenvalue weighted by Gasteiger charge is 2.25. The van der Waals surface area contributed by atoms with Gasteiger partial charge in [0.2, 0.25) is 0 Å². The smallest absolute Gasteiger partial charge is 0.149 e. The minimum absolute atomic E-state index is 0.0000350. The van der Waals surface area contributed by atoms with Crippen LogP contribution in [0.2, 0.25) is 0 Å². The van der Waals surface area contributed by atoms with E-state index in [-0.39, 0.29) is 11.5 Å². The number of hydrogen-bond donors (Lipinski definition) is 0. The second-order valence-corrected chi connectivity index (χ2v) is 4.12. The molecule has 74 valence electrons. The Balaban J connectivity index is 2.09. The summed E-state index contributed by atoms with van der Waals surface area (Å²) >= 11 is 5.94. The molecule has 0 fully saturated rings. The van der Waals surface area contributed by atoms with Crippen LogP contribution in [0.4, 0.5) is 0 Å². The molecule has 0 saturated heterocycles. The van der Waals surface area contributed by atoms with Crippen LogP contribution in [0.15, 0.2) is 35.5 Å². The van der Waals surface area contributed by atoms with Crippen molar-refractivity contribution in [3.63, 3.8) is 0 Å². The molecule has 2 nitrogen and oxygen atoms in total. The first kappa shape index (κ1) is 9.53. The summed E-state index contributed by atoms with van der Waals surface area (Å²) in [5, 5.41) is 4.04. The van der Waals surface area contributed by atoms with Crippen molar-refractivity contribution in [3.05, 3.63) is 35.9 Å². The van der Waals surface area contributed by atoms with Gasteiger partial charge < -0.3 is 4.84 Å². The van der Waals surface area contributed by atoms with Gasteiger partial charge in [0.05, 0.1) is 11.1 Å². The third-order valence-electron chi connectivity index (χ3n) is 2.31. The zero-order chi connectivity index (χ0) is 9.97. The van der Waals surface area contributed by atoms with Gasteiger partial charge in [-0.2, -0.15) is 0 Å². The molecule has 0 aliphatic carbocycles. The van der Waals surface area contributed by atoms with E-state index in [0.29, 0.717) is 0 Å². The molecule has 0 unspecified atom stereocenters. The molecular weight excluding hydrogens is 198 g/mol. The van der Waals surface area contributed by atoms with Crippen molar-refractivity contribution in [2.45, 2.75) is 24.8 Å². The van der Waals surface area contributed by atoms with E-state index < -0.39 is 0 Å². The van der Waals surface area contributed by atoms with Crippen molar-refractivity contribution in [2.75, 3.05) is 0 Å². The standard InChI is InChI=1S/C11H12ClNO/c1-8(12)11-7-10(13-14-11)9-5-3-2-4-6-9/h2-6,8,11H,7H2,1H3/t8-,11+/m0/s1. The predicted octanol–water partition coefficient (Wildman–Crippen LogP) is 2.81. The highest BCUT2D eigenvalue weighted by molar-refractivity contribution is 6.21. The fourth-order valence-electron chi connectivity index (χ4n) is 1.44. The first-order valence-electron chi connectivity index (χ1n) is 4.69. The van der Waals surface area contributed by atoms with Crippen LogP contribution in [0.5, 0.6) is 0 Å². The lowest BCUT2D eigenvalue weighted by atomic mass is 10.0. The molecule has 1 aromatic rings. The zero-order valence-electron chi connectivity index (χ0n) is 7.98. The Kier molecular flexibility index (Phi) is 2.73. The van der Waals surface area contributed by atoms with Crippen LogP contribution >= 0.6 is 11.6 Å². The fraction of sp³-hybridized carbons (Fsp3) is 0.364. The summed E-state index contributed by atoms with van der Waals surface area (Å²) in [5.41, 5.74) is 2.11. The van der Waals surface area contributed by atoms with Crippen LogP contribution in [0.1, 0.15) is 18.9 Å². The number of nitrogens with zero attached hydrogens (tertiary/aromatic N) is 1. The predicted molar refractivity (Wildman–Crippen MR) is 57.8 cm³/mol. The number of oxime groups is 1. The molecular formula is C11H12ClNO.